The second-order valence-corrected chi connectivity index (χ2v) is 15.2. The van der Waals surface area contributed by atoms with Crippen molar-refractivity contribution in [2.75, 3.05) is 32.8 Å². The van der Waals surface area contributed by atoms with E-state index < -0.39 is 0 Å². The molecule has 0 unspecified atom stereocenters. The van der Waals surface area contributed by atoms with Gasteiger partial charge in [0.05, 0.1) is 36.6 Å². The SMILES string of the molecule is CCCc1nnc(CCc2n[nH]c(Cc3nnc(Nc4n[nH]c(C)n4)nn3)n2)nn1.N#[N+]c1n[nH]c(Cc2nnc(Nc3nc([N+]#N)n[nH]3)nn2)n1.NCc1nnc(NN)nn1.Nc1n[nH]c(Cc2nnc(Nc3n[nH]c(N)n3)nn2)n1. The largest absolute Gasteiger partial charge is 0.585 e. The maximum Gasteiger partial charge on any atom is 0.585 e. The summed E-state index contributed by atoms with van der Waals surface area (Å²) >= 11 is 0. The summed E-state index contributed by atoms with van der Waals surface area (Å²) in [6.45, 7) is 4.07. The molecule has 82 heavy (non-hydrogen) atoms. The minimum Gasteiger partial charge on any atom is -0.368 e. The number of hydrazine groups is 1. The van der Waals surface area contributed by atoms with Crippen LogP contribution in [0.4, 0.5) is 65.4 Å². The molecule has 0 atom stereocenters. The molecule has 11 heterocycles. The molecule has 0 aromatic carbocycles. The van der Waals surface area contributed by atoms with Gasteiger partial charge in [-0.1, -0.05) is 6.92 Å². The predicted octanol–water partition coefficient (Wildman–Crippen LogP) is -4.72. The molecule has 0 bridgehead atoms. The summed E-state index contributed by atoms with van der Waals surface area (Å²) < 4.78 is 0. The van der Waals surface area contributed by atoms with Crippen molar-refractivity contribution in [2.45, 2.75) is 65.3 Å². The predicted molar refractivity (Wildman–Crippen MR) is 265 cm³/mol. The van der Waals surface area contributed by atoms with Gasteiger partial charge >= 0.3 is 17.8 Å². The molecule has 0 aliphatic rings. The van der Waals surface area contributed by atoms with E-state index in [0.29, 0.717) is 83.5 Å². The van der Waals surface area contributed by atoms with E-state index in [1.54, 1.807) is 6.92 Å². The summed E-state index contributed by atoms with van der Waals surface area (Å²) in [6.07, 6.45) is 3.62. The van der Waals surface area contributed by atoms with Gasteiger partial charge in [0.25, 0.3) is 29.7 Å². The number of nitrogen functional groups attached to an aromatic ring is 3. The van der Waals surface area contributed by atoms with Crippen LogP contribution < -0.4 is 44.4 Å². The molecular formula is C32H40N50+2. The second-order valence-electron chi connectivity index (χ2n) is 15.2. The Bertz CT molecular complexity index is 3590. The highest BCUT2D eigenvalue weighted by Crippen LogP contribution is 2.12. The third kappa shape index (κ3) is 17.1. The van der Waals surface area contributed by atoms with Crippen LogP contribution in [-0.4, -0.2) is 193 Å². The Morgan fingerprint density at radius 2 is 0.878 bits per heavy atom. The lowest BCUT2D eigenvalue weighted by Gasteiger charge is -1.98. The van der Waals surface area contributed by atoms with Crippen LogP contribution in [-0.2, 0) is 45.1 Å². The van der Waals surface area contributed by atoms with Crippen molar-refractivity contribution in [1.82, 2.24) is 193 Å². The molecule has 11 aromatic rings. The number of nitrogens with zero attached hydrogens (tertiary/aromatic N) is 36. The summed E-state index contributed by atoms with van der Waals surface area (Å²) in [7, 11) is 0. The average molecular weight is 1130 g/mol. The quantitative estimate of drug-likeness (QED) is 0.0205. The number of hydrogen-bond acceptors (Lipinski definition) is 42. The van der Waals surface area contributed by atoms with Crippen LogP contribution in [0, 0.1) is 17.7 Å². The maximum atomic E-state index is 8.49. The topological polar surface area (TPSA) is 716 Å². The van der Waals surface area contributed by atoms with Crippen molar-refractivity contribution in [1.29, 1.82) is 10.8 Å². The van der Waals surface area contributed by atoms with Crippen LogP contribution in [0.5, 0.6) is 0 Å². The number of diazo groups is 2. The van der Waals surface area contributed by atoms with Crippen molar-refractivity contribution in [3.05, 3.63) is 74.0 Å². The highest BCUT2D eigenvalue weighted by Gasteiger charge is 2.19. The van der Waals surface area contributed by atoms with Gasteiger partial charge in [0.1, 0.15) is 17.5 Å². The van der Waals surface area contributed by atoms with E-state index in [-0.39, 0.29) is 84.7 Å². The van der Waals surface area contributed by atoms with Gasteiger partial charge in [-0.3, -0.25) is 36.7 Å². The zero-order chi connectivity index (χ0) is 57.5. The lowest BCUT2D eigenvalue weighted by molar-refractivity contribution is 0.672. The van der Waals surface area contributed by atoms with E-state index in [0.717, 1.165) is 12.8 Å². The van der Waals surface area contributed by atoms with Crippen molar-refractivity contribution in [2.24, 2.45) is 11.6 Å². The standard InChI is InChI=1S/C15H19N15.C7H4N15.C7H9N13.C3H7N7/c1-3-4-10-21-23-11(24-22-10)6-5-9-17-12(25-20-9)7-13-26-29-15(30-27-13)18-14-16-8(2)19-28-14;8-13-5-10-2(15-19-5)1-3-16-21-7(22-17-3)12-4-11-6(14-9)20-18-4;8-4-10-2(13-16-4)1-3-14-19-7(20-15-3)12-6-11-5(9)17-18-6;4-1-2-7-9-3(6-5)10-8-2/h3-7H2,1-2H3,(H,17,20,25)(H2,16,18,19,28,29,30);8H,1H2,(H,10,15,19);1H2,(H3,8,10,13,16)(H4,9,11,12,17,18,19,20);1,4-5H2,(H,6,9,10)/q;+1;;/p+1. The summed E-state index contributed by atoms with van der Waals surface area (Å²) in [5.74, 6) is 11.8. The summed E-state index contributed by atoms with van der Waals surface area (Å²) in [6, 6.07) is 0. The molecule has 0 aliphatic heterocycles. The Labute approximate surface area is 452 Å². The average Bonchev–Trinajstić information content (AvgIpc) is 4.45. The molecule has 11 rings (SSSR count). The minimum absolute atomic E-state index is 0.0630. The number of aromatic nitrogens is 38. The van der Waals surface area contributed by atoms with Crippen molar-refractivity contribution in [3.63, 3.8) is 0 Å². The lowest BCUT2D eigenvalue weighted by Crippen LogP contribution is -2.14. The molecule has 11 aromatic heterocycles. The number of aryl methyl sites for hydroxylation is 4. The van der Waals surface area contributed by atoms with Gasteiger partial charge in [0.15, 0.2) is 40.8 Å². The number of aromatic amines is 6. The molecule has 0 radical (unpaired) electrons. The fourth-order valence-corrected chi connectivity index (χ4v) is 5.58. The van der Waals surface area contributed by atoms with Gasteiger partial charge in [0.2, 0.25) is 23.7 Å². The molecule has 0 saturated heterocycles. The van der Waals surface area contributed by atoms with Crippen molar-refractivity contribution >= 4 is 65.4 Å². The molecular weight excluding hydrogens is 1080 g/mol. The van der Waals surface area contributed by atoms with E-state index in [9.17, 15) is 0 Å². The van der Waals surface area contributed by atoms with E-state index in [4.69, 9.17) is 33.8 Å². The normalized spacial score (nSPS) is 10.4. The van der Waals surface area contributed by atoms with E-state index in [1.807, 2.05) is 0 Å². The highest BCUT2D eigenvalue weighted by molar-refractivity contribution is 5.44. The van der Waals surface area contributed by atoms with Gasteiger partial charge in [0, 0.05) is 29.5 Å². The molecule has 50 nitrogen and oxygen atoms in total. The Kier molecular flexibility index (Phi) is 18.7. The number of hydrogen-bond donors (Lipinski definition) is 14. The molecule has 0 spiro atoms. The highest BCUT2D eigenvalue weighted by atomic mass is 15.4. The van der Waals surface area contributed by atoms with Crippen LogP contribution in [0.3, 0.4) is 0 Å². The first kappa shape index (κ1) is 55.3. The van der Waals surface area contributed by atoms with Crippen molar-refractivity contribution < 1.29 is 0 Å². The summed E-state index contributed by atoms with van der Waals surface area (Å²) in [4.78, 5) is 29.5. The Hall–Kier alpha value is -12.9. The van der Waals surface area contributed by atoms with Gasteiger partial charge < -0.3 is 17.2 Å². The van der Waals surface area contributed by atoms with Gasteiger partial charge in [-0.05, 0) is 33.3 Å². The first-order chi connectivity index (χ1) is 40.0. The second kappa shape index (κ2) is 27.8. The maximum absolute atomic E-state index is 8.49. The lowest BCUT2D eigenvalue weighted by atomic mass is 10.3. The first-order valence-electron chi connectivity index (χ1n) is 23.0. The van der Waals surface area contributed by atoms with Crippen molar-refractivity contribution in [3.8, 4) is 0 Å². The fraction of sp³-hybridized carbons (Fsp3) is 0.312. The Balaban J connectivity index is 0.000000151. The molecule has 0 amide bonds. The Morgan fingerprint density at radius 3 is 1.37 bits per heavy atom. The molecule has 0 saturated carbocycles. The zero-order valence-electron chi connectivity index (χ0n) is 42.1. The zero-order valence-corrected chi connectivity index (χ0v) is 42.1. The van der Waals surface area contributed by atoms with Crippen LogP contribution >= 0.6 is 0 Å². The number of nitrogens with two attached hydrogens (primary N) is 4. The third-order valence-corrected chi connectivity index (χ3v) is 9.05. The van der Waals surface area contributed by atoms with Gasteiger partial charge in [-0.15, -0.1) is 117 Å². The molecule has 0 fully saturated rings. The van der Waals surface area contributed by atoms with Crippen LogP contribution in [0.25, 0.3) is 9.95 Å². The summed E-state index contributed by atoms with van der Waals surface area (Å²) in [5.41, 5.74) is 18.1. The van der Waals surface area contributed by atoms with Crippen LogP contribution in [0.1, 0.15) is 77.4 Å². The van der Waals surface area contributed by atoms with E-state index in [1.165, 1.54) is 0 Å². The number of H-pyrrole nitrogens is 6. The number of anilines is 9. The van der Waals surface area contributed by atoms with Crippen LogP contribution in [0.15, 0.2) is 0 Å². The molecule has 416 valence electrons. The number of rotatable bonds is 19. The monoisotopic (exact) mass is 1120 g/mol. The van der Waals surface area contributed by atoms with E-state index in [2.05, 4.69) is 231 Å². The fourth-order valence-electron chi connectivity index (χ4n) is 5.58. The first-order valence-corrected chi connectivity index (χ1v) is 23.0. The smallest absolute Gasteiger partial charge is 0.368 e. The van der Waals surface area contributed by atoms with Crippen LogP contribution in [0.2, 0.25) is 0 Å². The number of nitrogens with one attached hydrogen (secondary N) is 10. The molecule has 18 N–H and O–H groups in total. The molecule has 50 heteroatoms. The third-order valence-electron chi connectivity index (χ3n) is 9.05. The minimum atomic E-state index is -0.143. The Morgan fingerprint density at radius 1 is 0.415 bits per heavy atom. The summed E-state index contributed by atoms with van der Waals surface area (Å²) in [5, 5.41) is 141. The van der Waals surface area contributed by atoms with Gasteiger partial charge in [-0.2, -0.15) is 30.2 Å². The molecule has 0 aliphatic carbocycles. The van der Waals surface area contributed by atoms with E-state index >= 15 is 0 Å². The van der Waals surface area contributed by atoms with Gasteiger partial charge in [-0.25, -0.2) is 15.9 Å².